The molecule has 3 aromatic heterocycles. The van der Waals surface area contributed by atoms with E-state index in [9.17, 15) is 24.3 Å². The number of carboxylic acid groups (broad SMARTS) is 1. The van der Waals surface area contributed by atoms with Crippen LogP contribution in [0.5, 0.6) is 0 Å². The number of carboxylic acids is 1. The third-order valence-corrected chi connectivity index (χ3v) is 8.66. The van der Waals surface area contributed by atoms with E-state index >= 15 is 0 Å². The van der Waals surface area contributed by atoms with Crippen molar-refractivity contribution in [3.05, 3.63) is 90.3 Å². The Bertz CT molecular complexity index is 1830. The molecule has 47 heavy (non-hydrogen) atoms. The standard InChI is InChI=1S/C33H38N8O5S/c1-47-11-10-27(39-30(42)24(34)12-19-15-36-25-8-4-2-6-22(19)25)31(43)40-28(13-20-16-37-26-9-5-3-7-23(20)26)32(44)41-29(33(45)46)14-21-17-35-18-38-21/h2-9,15-18,24,27-29,36-37H,10-14,34H2,1H3,(H,35,38)(H,39,42)(H,40,43)(H,41,44)(H,45,46). The van der Waals surface area contributed by atoms with Crippen molar-refractivity contribution >= 4 is 57.3 Å². The number of carbonyl (C=O) groups excluding carboxylic acids is 3. The number of carbonyl (C=O) groups is 4. The molecule has 4 atom stereocenters. The first-order chi connectivity index (χ1) is 22.7. The Balaban J connectivity index is 1.33. The topological polar surface area (TPSA) is 211 Å². The van der Waals surface area contributed by atoms with Crippen LogP contribution in [0.2, 0.25) is 0 Å². The Morgan fingerprint density at radius 1 is 0.787 bits per heavy atom. The van der Waals surface area contributed by atoms with Gasteiger partial charge in [0.25, 0.3) is 0 Å². The number of para-hydroxylation sites is 2. The summed E-state index contributed by atoms with van der Waals surface area (Å²) in [6.45, 7) is 0. The number of nitrogens with two attached hydrogens (primary N) is 1. The maximum Gasteiger partial charge on any atom is 0.326 e. The zero-order valence-electron chi connectivity index (χ0n) is 25.8. The van der Waals surface area contributed by atoms with Crippen molar-refractivity contribution in [3.63, 3.8) is 0 Å². The van der Waals surface area contributed by atoms with E-state index in [1.165, 1.54) is 24.3 Å². The highest BCUT2D eigenvalue weighted by Crippen LogP contribution is 2.20. The highest BCUT2D eigenvalue weighted by atomic mass is 32.2. The monoisotopic (exact) mass is 658 g/mol. The van der Waals surface area contributed by atoms with E-state index in [2.05, 4.69) is 35.9 Å². The van der Waals surface area contributed by atoms with Gasteiger partial charge < -0.3 is 41.7 Å². The van der Waals surface area contributed by atoms with Gasteiger partial charge in [0, 0.05) is 58.9 Å². The van der Waals surface area contributed by atoms with Crippen LogP contribution in [-0.2, 0) is 38.4 Å². The van der Waals surface area contributed by atoms with Crippen molar-refractivity contribution in [2.75, 3.05) is 12.0 Å². The Kier molecular flexibility index (Phi) is 11.0. The fourth-order valence-electron chi connectivity index (χ4n) is 5.50. The summed E-state index contributed by atoms with van der Waals surface area (Å²) in [6.07, 6.45) is 8.95. The van der Waals surface area contributed by atoms with Crippen LogP contribution in [0.15, 0.2) is 73.4 Å². The van der Waals surface area contributed by atoms with Crippen LogP contribution < -0.4 is 21.7 Å². The number of fused-ring (bicyclic) bond motifs is 2. The number of hydrogen-bond acceptors (Lipinski definition) is 7. The molecule has 0 aliphatic heterocycles. The minimum Gasteiger partial charge on any atom is -0.480 e. The molecule has 5 aromatic rings. The van der Waals surface area contributed by atoms with Crippen LogP contribution in [-0.4, -0.2) is 84.9 Å². The van der Waals surface area contributed by atoms with E-state index in [0.29, 0.717) is 11.4 Å². The van der Waals surface area contributed by atoms with Gasteiger partial charge in [0.05, 0.1) is 12.4 Å². The van der Waals surface area contributed by atoms with E-state index in [-0.39, 0.29) is 25.7 Å². The number of aliphatic carboxylic acids is 1. The Labute approximate surface area is 274 Å². The molecule has 2 aromatic carbocycles. The fraction of sp³-hybridized carbons (Fsp3) is 0.303. The van der Waals surface area contributed by atoms with Crippen molar-refractivity contribution in [1.82, 2.24) is 35.9 Å². The zero-order valence-corrected chi connectivity index (χ0v) is 26.6. The molecule has 0 radical (unpaired) electrons. The van der Waals surface area contributed by atoms with Gasteiger partial charge >= 0.3 is 5.97 Å². The van der Waals surface area contributed by atoms with Gasteiger partial charge in [0.2, 0.25) is 17.7 Å². The summed E-state index contributed by atoms with van der Waals surface area (Å²) in [5, 5.41) is 19.9. The number of aromatic amines is 3. The summed E-state index contributed by atoms with van der Waals surface area (Å²) in [6, 6.07) is 10.9. The molecule has 0 bridgehead atoms. The van der Waals surface area contributed by atoms with E-state index < -0.39 is 47.9 Å². The van der Waals surface area contributed by atoms with Gasteiger partial charge in [-0.3, -0.25) is 14.4 Å². The van der Waals surface area contributed by atoms with Crippen LogP contribution in [0, 0.1) is 0 Å². The smallest absolute Gasteiger partial charge is 0.326 e. The minimum atomic E-state index is -1.28. The first-order valence-corrected chi connectivity index (χ1v) is 16.6. The second-order valence-electron chi connectivity index (χ2n) is 11.3. The molecule has 3 amide bonds. The molecule has 5 rings (SSSR count). The first-order valence-electron chi connectivity index (χ1n) is 15.2. The molecular formula is C33H38N8O5S. The van der Waals surface area contributed by atoms with Crippen LogP contribution >= 0.6 is 11.8 Å². The van der Waals surface area contributed by atoms with Crippen molar-refractivity contribution in [1.29, 1.82) is 0 Å². The lowest BCUT2D eigenvalue weighted by Gasteiger charge is -2.25. The second kappa shape index (κ2) is 15.5. The summed E-state index contributed by atoms with van der Waals surface area (Å²) in [5.41, 5.74) is 10.3. The van der Waals surface area contributed by atoms with Crippen LogP contribution in [0.3, 0.4) is 0 Å². The average molecular weight is 659 g/mol. The van der Waals surface area contributed by atoms with Gasteiger partial charge in [0.15, 0.2) is 0 Å². The zero-order chi connectivity index (χ0) is 33.3. The molecule has 3 heterocycles. The molecule has 9 N–H and O–H groups in total. The third-order valence-electron chi connectivity index (χ3n) is 8.02. The predicted molar refractivity (Wildman–Crippen MR) is 181 cm³/mol. The maximum absolute atomic E-state index is 13.8. The Hall–Kier alpha value is -5.08. The lowest BCUT2D eigenvalue weighted by Crippen LogP contribution is -2.58. The second-order valence-corrected chi connectivity index (χ2v) is 12.3. The first kappa shape index (κ1) is 33.3. The van der Waals surface area contributed by atoms with Gasteiger partial charge in [-0.15, -0.1) is 0 Å². The molecule has 4 unspecified atom stereocenters. The largest absolute Gasteiger partial charge is 0.480 e. The van der Waals surface area contributed by atoms with Crippen LogP contribution in [0.25, 0.3) is 21.8 Å². The highest BCUT2D eigenvalue weighted by Gasteiger charge is 2.31. The summed E-state index contributed by atoms with van der Waals surface area (Å²) in [7, 11) is 0. The number of aromatic nitrogens is 4. The molecule has 0 saturated heterocycles. The van der Waals surface area contributed by atoms with Crippen molar-refractivity contribution in [2.45, 2.75) is 49.9 Å². The molecule has 14 heteroatoms. The molecule has 0 fully saturated rings. The average Bonchev–Trinajstić information content (AvgIpc) is 3.83. The fourth-order valence-corrected chi connectivity index (χ4v) is 5.98. The molecule has 13 nitrogen and oxygen atoms in total. The van der Waals surface area contributed by atoms with E-state index in [1.54, 1.807) is 6.20 Å². The number of thioether (sulfide) groups is 1. The van der Waals surface area contributed by atoms with Gasteiger partial charge in [-0.05, 0) is 48.1 Å². The van der Waals surface area contributed by atoms with Gasteiger partial charge in [0.1, 0.15) is 18.1 Å². The quantitative estimate of drug-likeness (QED) is 0.0784. The minimum absolute atomic E-state index is 0.0322. The highest BCUT2D eigenvalue weighted by molar-refractivity contribution is 7.98. The van der Waals surface area contributed by atoms with Gasteiger partial charge in [-0.2, -0.15) is 11.8 Å². The van der Waals surface area contributed by atoms with E-state index in [1.807, 2.05) is 61.0 Å². The molecule has 0 aliphatic rings. The number of benzene rings is 2. The van der Waals surface area contributed by atoms with Gasteiger partial charge in [-0.25, -0.2) is 9.78 Å². The summed E-state index contributed by atoms with van der Waals surface area (Å²) >= 11 is 1.51. The molecular weight excluding hydrogens is 620 g/mol. The summed E-state index contributed by atoms with van der Waals surface area (Å²) in [4.78, 5) is 66.0. The van der Waals surface area contributed by atoms with Crippen molar-refractivity contribution in [2.24, 2.45) is 5.73 Å². The van der Waals surface area contributed by atoms with E-state index in [4.69, 9.17) is 5.73 Å². The lowest BCUT2D eigenvalue weighted by atomic mass is 10.0. The SMILES string of the molecule is CSCCC(NC(=O)C(N)Cc1c[nH]c2ccccc12)C(=O)NC(Cc1c[nH]c2ccccc12)C(=O)NC(Cc1cnc[nH]1)C(=O)O. The Morgan fingerprint density at radius 3 is 1.96 bits per heavy atom. The molecule has 0 saturated carbocycles. The number of rotatable bonds is 16. The van der Waals surface area contributed by atoms with Crippen LogP contribution in [0.4, 0.5) is 0 Å². The molecule has 246 valence electrons. The number of amides is 3. The van der Waals surface area contributed by atoms with E-state index in [0.717, 1.165) is 32.9 Å². The van der Waals surface area contributed by atoms with Gasteiger partial charge in [-0.1, -0.05) is 36.4 Å². The third kappa shape index (κ3) is 8.40. The number of nitrogens with zero attached hydrogens (tertiary/aromatic N) is 1. The Morgan fingerprint density at radius 2 is 1.36 bits per heavy atom. The number of H-pyrrole nitrogens is 3. The summed E-state index contributed by atoms with van der Waals surface area (Å²) < 4.78 is 0. The maximum atomic E-state index is 13.8. The predicted octanol–water partition coefficient (Wildman–Crippen LogP) is 2.02. The number of hydrogen-bond donors (Lipinski definition) is 8. The lowest BCUT2D eigenvalue weighted by molar-refractivity contribution is -0.142. The summed E-state index contributed by atoms with van der Waals surface area (Å²) in [5.74, 6) is -2.44. The molecule has 0 aliphatic carbocycles. The number of nitrogens with one attached hydrogen (secondary N) is 6. The normalized spacial score (nSPS) is 13.9. The number of imidazole rings is 1. The van der Waals surface area contributed by atoms with Crippen LogP contribution in [0.1, 0.15) is 23.2 Å². The molecule has 0 spiro atoms. The van der Waals surface area contributed by atoms with Crippen molar-refractivity contribution < 1.29 is 24.3 Å². The van der Waals surface area contributed by atoms with Crippen molar-refractivity contribution in [3.8, 4) is 0 Å².